The Labute approximate surface area is 143 Å². The molecule has 0 radical (unpaired) electrons. The van der Waals surface area contributed by atoms with Crippen molar-refractivity contribution in [2.45, 2.75) is 18.9 Å². The number of thioether (sulfide) groups is 1. The lowest BCUT2D eigenvalue weighted by Crippen LogP contribution is -2.33. The van der Waals surface area contributed by atoms with Crippen LogP contribution in [0.5, 0.6) is 0 Å². The molecule has 1 saturated carbocycles. The quantitative estimate of drug-likeness (QED) is 0.906. The highest BCUT2D eigenvalue weighted by Crippen LogP contribution is 2.61. The number of cyclic esters (lactones) is 1. The van der Waals surface area contributed by atoms with Gasteiger partial charge in [0.1, 0.15) is 11.9 Å². The summed E-state index contributed by atoms with van der Waals surface area (Å²) in [6.45, 7) is 1.98. The molecule has 3 fully saturated rings. The summed E-state index contributed by atoms with van der Waals surface area (Å²) < 4.78 is 19.8. The summed E-state index contributed by atoms with van der Waals surface area (Å²) >= 11 is 1.95. The maximum atomic E-state index is 14.5. The summed E-state index contributed by atoms with van der Waals surface area (Å²) in [7, 11) is 0. The number of nitrogens with one attached hydrogen (secondary N) is 1. The number of carbonyl (C=O) groups excluding carboxylic acids is 2. The van der Waals surface area contributed by atoms with Gasteiger partial charge in [0, 0.05) is 6.92 Å². The minimum atomic E-state index is -0.503. The van der Waals surface area contributed by atoms with E-state index in [1.54, 1.807) is 6.07 Å². The number of rotatable bonds is 4. The zero-order valence-corrected chi connectivity index (χ0v) is 14.1. The van der Waals surface area contributed by atoms with Crippen LogP contribution in [0.4, 0.5) is 14.9 Å². The van der Waals surface area contributed by atoms with Gasteiger partial charge < -0.3 is 10.1 Å². The zero-order valence-electron chi connectivity index (χ0n) is 13.3. The van der Waals surface area contributed by atoms with Gasteiger partial charge >= 0.3 is 6.09 Å². The normalized spacial score (nSPS) is 30.9. The molecule has 5 nitrogen and oxygen atoms in total. The molecule has 2 aliphatic heterocycles. The molecule has 0 spiro atoms. The van der Waals surface area contributed by atoms with E-state index in [1.807, 2.05) is 17.8 Å². The van der Waals surface area contributed by atoms with Crippen LogP contribution in [0.2, 0.25) is 0 Å². The van der Waals surface area contributed by atoms with Crippen LogP contribution < -0.4 is 10.2 Å². The maximum absolute atomic E-state index is 14.5. The minimum absolute atomic E-state index is 0.173. The van der Waals surface area contributed by atoms with E-state index in [0.717, 1.165) is 17.1 Å². The van der Waals surface area contributed by atoms with E-state index < -0.39 is 12.2 Å². The van der Waals surface area contributed by atoms with Crippen molar-refractivity contribution in [2.75, 3.05) is 29.5 Å². The van der Waals surface area contributed by atoms with E-state index in [4.69, 9.17) is 4.74 Å². The fourth-order valence-electron chi connectivity index (χ4n) is 3.75. The molecule has 2 amide bonds. The van der Waals surface area contributed by atoms with Gasteiger partial charge in [0.25, 0.3) is 0 Å². The molecule has 3 aliphatic rings. The van der Waals surface area contributed by atoms with E-state index >= 15 is 0 Å². The van der Waals surface area contributed by atoms with Crippen LogP contribution in [-0.4, -0.2) is 42.7 Å². The average Bonchev–Trinajstić information content (AvgIpc) is 2.88. The van der Waals surface area contributed by atoms with Crippen LogP contribution >= 0.6 is 11.8 Å². The van der Waals surface area contributed by atoms with Gasteiger partial charge in [-0.15, -0.1) is 0 Å². The number of anilines is 1. The first-order chi connectivity index (χ1) is 11.5. The molecular formula is C17H19FN2O3S. The van der Waals surface area contributed by atoms with Crippen molar-refractivity contribution in [3.05, 3.63) is 29.6 Å². The number of nitrogens with zero attached hydrogens (tertiary/aromatic N) is 1. The lowest BCUT2D eigenvalue weighted by atomic mass is 10.1. The zero-order chi connectivity index (χ0) is 16.8. The molecule has 0 aromatic heterocycles. The van der Waals surface area contributed by atoms with Gasteiger partial charge in [-0.1, -0.05) is 6.07 Å². The minimum Gasteiger partial charge on any atom is -0.442 e. The highest BCUT2D eigenvalue weighted by atomic mass is 32.2. The first-order valence-electron chi connectivity index (χ1n) is 8.14. The molecule has 1 aromatic carbocycles. The second kappa shape index (κ2) is 5.95. The van der Waals surface area contributed by atoms with Crippen molar-refractivity contribution in [1.82, 2.24) is 5.32 Å². The second-order valence-corrected chi connectivity index (χ2v) is 7.73. The molecular weight excluding hydrogens is 331 g/mol. The lowest BCUT2D eigenvalue weighted by molar-refractivity contribution is -0.119. The highest BCUT2D eigenvalue weighted by Gasteiger charge is 2.54. The van der Waals surface area contributed by atoms with Crippen LogP contribution in [0, 0.1) is 17.7 Å². The predicted molar refractivity (Wildman–Crippen MR) is 89.7 cm³/mol. The molecule has 4 rings (SSSR count). The van der Waals surface area contributed by atoms with Gasteiger partial charge in [0.2, 0.25) is 5.91 Å². The Hall–Kier alpha value is -1.76. The number of amides is 2. The molecule has 24 heavy (non-hydrogen) atoms. The summed E-state index contributed by atoms with van der Waals surface area (Å²) in [5.74, 6) is 3.42. The van der Waals surface area contributed by atoms with Crippen LogP contribution in [0.15, 0.2) is 18.2 Å². The average molecular weight is 350 g/mol. The van der Waals surface area contributed by atoms with Gasteiger partial charge in [0.15, 0.2) is 0 Å². The van der Waals surface area contributed by atoms with Gasteiger partial charge in [-0.05, 0) is 47.0 Å². The maximum Gasteiger partial charge on any atom is 0.414 e. The van der Waals surface area contributed by atoms with Crippen molar-refractivity contribution < 1.29 is 18.7 Å². The number of benzene rings is 1. The van der Waals surface area contributed by atoms with Crippen molar-refractivity contribution in [3.63, 3.8) is 0 Å². The van der Waals surface area contributed by atoms with E-state index in [0.29, 0.717) is 30.0 Å². The predicted octanol–water partition coefficient (Wildman–Crippen LogP) is 2.36. The Balaban J connectivity index is 1.46. The number of ether oxygens (including phenoxy) is 1. The Morgan fingerprint density at radius 2 is 2.17 bits per heavy atom. The van der Waals surface area contributed by atoms with Crippen molar-refractivity contribution in [1.29, 1.82) is 0 Å². The highest BCUT2D eigenvalue weighted by molar-refractivity contribution is 7.99. The largest absolute Gasteiger partial charge is 0.442 e. The fraction of sp³-hybridized carbons (Fsp3) is 0.529. The topological polar surface area (TPSA) is 58.6 Å². The molecule has 2 heterocycles. The Kier molecular flexibility index (Phi) is 3.90. The Morgan fingerprint density at radius 3 is 2.83 bits per heavy atom. The summed E-state index contributed by atoms with van der Waals surface area (Å²) in [5.41, 5.74) is 1.28. The van der Waals surface area contributed by atoms with E-state index in [-0.39, 0.29) is 18.3 Å². The summed E-state index contributed by atoms with van der Waals surface area (Å²) in [4.78, 5) is 24.4. The molecule has 1 unspecified atom stereocenters. The van der Waals surface area contributed by atoms with Crippen LogP contribution in [0.1, 0.15) is 18.4 Å². The summed E-state index contributed by atoms with van der Waals surface area (Å²) in [5, 5.41) is 2.63. The molecule has 2 saturated heterocycles. The summed E-state index contributed by atoms with van der Waals surface area (Å²) in [6, 6.07) is 5.03. The van der Waals surface area contributed by atoms with Gasteiger partial charge in [0.05, 0.1) is 18.8 Å². The van der Waals surface area contributed by atoms with E-state index in [9.17, 15) is 14.0 Å². The third-order valence-electron chi connectivity index (χ3n) is 5.06. The molecule has 4 atom stereocenters. The van der Waals surface area contributed by atoms with E-state index in [2.05, 4.69) is 5.32 Å². The van der Waals surface area contributed by atoms with Crippen molar-refractivity contribution in [3.8, 4) is 0 Å². The lowest BCUT2D eigenvalue weighted by Gasteiger charge is -2.15. The molecule has 0 bridgehead atoms. The third kappa shape index (κ3) is 2.75. The van der Waals surface area contributed by atoms with E-state index in [1.165, 1.54) is 17.9 Å². The number of hydrogen-bond acceptors (Lipinski definition) is 4. The molecule has 128 valence electrons. The van der Waals surface area contributed by atoms with Crippen molar-refractivity contribution >= 4 is 29.4 Å². The first-order valence-corrected chi connectivity index (χ1v) is 9.30. The van der Waals surface area contributed by atoms with Gasteiger partial charge in [-0.25, -0.2) is 9.18 Å². The Morgan fingerprint density at radius 1 is 1.42 bits per heavy atom. The number of carbonyl (C=O) groups is 2. The standard InChI is InChI=1S/C17H19FN2O3S/c1-9(21)19-5-11-6-20(17(22)23-11)10-2-3-12(15(18)4-10)16-13-7-24-8-14(13)16/h2-4,11,13-14,16H,5-8H2,1H3,(H,19,21)/t11-,13-,14+,16?/m0/s1. The number of hydrogen-bond donors (Lipinski definition) is 1. The number of fused-ring (bicyclic) bond motifs is 1. The second-order valence-electron chi connectivity index (χ2n) is 6.65. The smallest absolute Gasteiger partial charge is 0.414 e. The summed E-state index contributed by atoms with van der Waals surface area (Å²) in [6.07, 6.45) is -0.916. The van der Waals surface area contributed by atoms with Crippen molar-refractivity contribution in [2.24, 2.45) is 11.8 Å². The SMILES string of the molecule is CC(=O)NC[C@H]1CN(c2ccc(C3[C@H]4CSC[C@@H]34)c(F)c2)C(=O)O1. The third-order valence-corrected chi connectivity index (χ3v) is 6.30. The molecule has 7 heteroatoms. The Bertz CT molecular complexity index is 688. The number of halogens is 1. The monoisotopic (exact) mass is 350 g/mol. The molecule has 1 aliphatic carbocycles. The molecule has 1 N–H and O–H groups in total. The van der Waals surface area contributed by atoms with Gasteiger partial charge in [-0.3, -0.25) is 9.69 Å². The molecule has 1 aromatic rings. The van der Waals surface area contributed by atoms with Crippen LogP contribution in [0.25, 0.3) is 0 Å². The van der Waals surface area contributed by atoms with Gasteiger partial charge in [-0.2, -0.15) is 11.8 Å². The first kappa shape index (κ1) is 15.7. The van der Waals surface area contributed by atoms with Crippen LogP contribution in [0.3, 0.4) is 0 Å². The van der Waals surface area contributed by atoms with Crippen LogP contribution in [-0.2, 0) is 9.53 Å². The fourth-order valence-corrected chi connectivity index (χ4v) is 5.34.